The number of sulfonamides is 1. The van der Waals surface area contributed by atoms with Crippen LogP contribution in [0, 0.1) is 19.7 Å². The molecule has 0 saturated heterocycles. The molecule has 0 fully saturated rings. The van der Waals surface area contributed by atoms with Crippen molar-refractivity contribution in [3.8, 4) is 5.69 Å². The maximum absolute atomic E-state index is 13.4. The fourth-order valence-electron chi connectivity index (χ4n) is 2.29. The molecule has 0 aliphatic carbocycles. The Morgan fingerprint density at radius 3 is 2.42 bits per heavy atom. The van der Waals surface area contributed by atoms with Crippen LogP contribution in [0.5, 0.6) is 0 Å². The molecule has 5 nitrogen and oxygen atoms in total. The van der Waals surface area contributed by atoms with E-state index in [9.17, 15) is 12.8 Å². The van der Waals surface area contributed by atoms with Crippen molar-refractivity contribution in [3.63, 3.8) is 0 Å². The van der Waals surface area contributed by atoms with E-state index in [1.165, 1.54) is 23.1 Å². The van der Waals surface area contributed by atoms with Crippen LogP contribution >= 0.6 is 0 Å². The predicted octanol–water partition coefficient (Wildman–Crippen LogP) is 3.43. The number of aryl methyl sites for hydroxylation is 2. The van der Waals surface area contributed by atoms with Gasteiger partial charge in [-0.25, -0.2) is 17.5 Å². The summed E-state index contributed by atoms with van der Waals surface area (Å²) < 4.78 is 42.1. The molecule has 0 bridgehead atoms. The molecule has 1 N–H and O–H groups in total. The Balaban J connectivity index is 1.89. The molecule has 1 aromatic heterocycles. The lowest BCUT2D eigenvalue weighted by Crippen LogP contribution is -2.12. The van der Waals surface area contributed by atoms with Crippen LogP contribution in [-0.4, -0.2) is 18.2 Å². The first-order chi connectivity index (χ1) is 11.3. The Morgan fingerprint density at radius 2 is 1.75 bits per heavy atom. The van der Waals surface area contributed by atoms with Gasteiger partial charge in [-0.3, -0.25) is 4.72 Å². The molecule has 7 heteroatoms. The van der Waals surface area contributed by atoms with Crippen molar-refractivity contribution < 1.29 is 12.8 Å². The quantitative estimate of drug-likeness (QED) is 0.788. The van der Waals surface area contributed by atoms with E-state index < -0.39 is 15.8 Å². The highest BCUT2D eigenvalue weighted by Crippen LogP contribution is 2.19. The molecule has 0 aliphatic rings. The van der Waals surface area contributed by atoms with Crippen LogP contribution in [0.25, 0.3) is 5.69 Å². The van der Waals surface area contributed by atoms with E-state index in [0.717, 1.165) is 17.3 Å². The van der Waals surface area contributed by atoms with Crippen molar-refractivity contribution in [1.82, 2.24) is 9.78 Å². The summed E-state index contributed by atoms with van der Waals surface area (Å²) in [6, 6.07) is 11.6. The monoisotopic (exact) mass is 345 g/mol. The number of anilines is 1. The van der Waals surface area contributed by atoms with Gasteiger partial charge in [-0.15, -0.1) is 0 Å². The first-order valence-electron chi connectivity index (χ1n) is 7.25. The van der Waals surface area contributed by atoms with Gasteiger partial charge in [-0.05, 0) is 49.7 Å². The number of halogens is 1. The number of hydrogen-bond donors (Lipinski definition) is 1. The second-order valence-corrected chi connectivity index (χ2v) is 7.26. The van der Waals surface area contributed by atoms with Gasteiger partial charge in [0.05, 0.1) is 23.8 Å². The standard InChI is InChI=1S/C17H16FN3O2S/c1-12-3-5-16(6-4-12)21-11-17(10-19-21)24(22,23)20-15-8-13(2)7-14(18)9-15/h3-11,20H,1-2H3. The minimum Gasteiger partial charge on any atom is -0.279 e. The summed E-state index contributed by atoms with van der Waals surface area (Å²) >= 11 is 0. The molecule has 0 radical (unpaired) electrons. The van der Waals surface area contributed by atoms with Gasteiger partial charge in [0.1, 0.15) is 10.7 Å². The van der Waals surface area contributed by atoms with Crippen LogP contribution in [0.1, 0.15) is 11.1 Å². The third-order valence-corrected chi connectivity index (χ3v) is 4.80. The number of aromatic nitrogens is 2. The third kappa shape index (κ3) is 3.46. The highest BCUT2D eigenvalue weighted by molar-refractivity contribution is 7.92. The third-order valence-electron chi connectivity index (χ3n) is 3.46. The Bertz CT molecular complexity index is 959. The summed E-state index contributed by atoms with van der Waals surface area (Å²) in [5.41, 5.74) is 2.66. The first-order valence-corrected chi connectivity index (χ1v) is 8.73. The largest absolute Gasteiger partial charge is 0.279 e. The van der Waals surface area contributed by atoms with Crippen molar-refractivity contribution in [3.05, 3.63) is 71.8 Å². The van der Waals surface area contributed by atoms with Crippen molar-refractivity contribution in [2.24, 2.45) is 0 Å². The molecule has 0 aliphatic heterocycles. The lowest BCUT2D eigenvalue weighted by Gasteiger charge is -2.07. The van der Waals surface area contributed by atoms with Gasteiger partial charge in [0.15, 0.2) is 0 Å². The van der Waals surface area contributed by atoms with Gasteiger partial charge in [0.2, 0.25) is 0 Å². The summed E-state index contributed by atoms with van der Waals surface area (Å²) in [6.07, 6.45) is 2.67. The summed E-state index contributed by atoms with van der Waals surface area (Å²) in [7, 11) is -3.84. The van der Waals surface area contributed by atoms with Gasteiger partial charge in [-0.2, -0.15) is 5.10 Å². The zero-order valence-electron chi connectivity index (χ0n) is 13.2. The smallest absolute Gasteiger partial charge is 0.265 e. The molecule has 0 atom stereocenters. The van der Waals surface area contributed by atoms with Crippen LogP contribution in [0.2, 0.25) is 0 Å². The average molecular weight is 345 g/mol. The Hall–Kier alpha value is -2.67. The van der Waals surface area contributed by atoms with E-state index >= 15 is 0 Å². The van der Waals surface area contributed by atoms with Crippen molar-refractivity contribution in [1.29, 1.82) is 0 Å². The number of rotatable bonds is 4. The molecule has 3 aromatic rings. The molecule has 124 valence electrons. The van der Waals surface area contributed by atoms with Gasteiger partial charge < -0.3 is 0 Å². The van der Waals surface area contributed by atoms with E-state index in [2.05, 4.69) is 9.82 Å². The molecule has 24 heavy (non-hydrogen) atoms. The molecular weight excluding hydrogens is 329 g/mol. The molecular formula is C17H16FN3O2S. The van der Waals surface area contributed by atoms with Gasteiger partial charge in [0.25, 0.3) is 10.0 Å². The van der Waals surface area contributed by atoms with Crippen LogP contribution < -0.4 is 4.72 Å². The Kier molecular flexibility index (Phi) is 4.11. The summed E-state index contributed by atoms with van der Waals surface area (Å²) in [5.74, 6) is -0.497. The molecule has 0 amide bonds. The van der Waals surface area contributed by atoms with Crippen molar-refractivity contribution in [2.45, 2.75) is 18.7 Å². The lowest BCUT2D eigenvalue weighted by molar-refractivity contribution is 0.601. The molecule has 0 unspecified atom stereocenters. The topological polar surface area (TPSA) is 64.0 Å². The van der Waals surface area contributed by atoms with Crippen molar-refractivity contribution in [2.75, 3.05) is 4.72 Å². The highest BCUT2D eigenvalue weighted by atomic mass is 32.2. The summed E-state index contributed by atoms with van der Waals surface area (Å²) in [6.45, 7) is 3.66. The van der Waals surface area contributed by atoms with E-state index in [1.807, 2.05) is 31.2 Å². The van der Waals surface area contributed by atoms with Gasteiger partial charge >= 0.3 is 0 Å². The molecule has 2 aromatic carbocycles. The number of benzene rings is 2. The number of nitrogens with one attached hydrogen (secondary N) is 1. The number of nitrogens with zero attached hydrogens (tertiary/aromatic N) is 2. The number of hydrogen-bond acceptors (Lipinski definition) is 3. The summed E-state index contributed by atoms with van der Waals surface area (Å²) in [4.78, 5) is 0.00462. The van der Waals surface area contributed by atoms with Crippen molar-refractivity contribution >= 4 is 15.7 Å². The SMILES string of the molecule is Cc1ccc(-n2cc(S(=O)(=O)Nc3cc(C)cc(F)c3)cn2)cc1. The molecule has 1 heterocycles. The van der Waals surface area contributed by atoms with E-state index in [0.29, 0.717) is 5.56 Å². The minimum atomic E-state index is -3.84. The summed E-state index contributed by atoms with van der Waals surface area (Å²) in [5, 5.41) is 4.08. The van der Waals surface area contributed by atoms with Crippen LogP contribution in [-0.2, 0) is 10.0 Å². The van der Waals surface area contributed by atoms with E-state index in [-0.39, 0.29) is 10.6 Å². The normalized spacial score (nSPS) is 11.5. The maximum atomic E-state index is 13.4. The first kappa shape index (κ1) is 16.2. The van der Waals surface area contributed by atoms with Gasteiger partial charge in [0, 0.05) is 0 Å². The molecule has 0 spiro atoms. The van der Waals surface area contributed by atoms with E-state index in [4.69, 9.17) is 0 Å². The fourth-order valence-corrected chi connectivity index (χ4v) is 3.26. The fraction of sp³-hybridized carbons (Fsp3) is 0.118. The second-order valence-electron chi connectivity index (χ2n) is 5.58. The highest BCUT2D eigenvalue weighted by Gasteiger charge is 2.17. The minimum absolute atomic E-state index is 0.00462. The average Bonchev–Trinajstić information content (AvgIpc) is 2.97. The van der Waals surface area contributed by atoms with Crippen LogP contribution in [0.15, 0.2) is 59.8 Å². The second kappa shape index (κ2) is 6.09. The van der Waals surface area contributed by atoms with E-state index in [1.54, 1.807) is 13.0 Å². The lowest BCUT2D eigenvalue weighted by atomic mass is 10.2. The Morgan fingerprint density at radius 1 is 1.04 bits per heavy atom. The Labute approximate surface area is 139 Å². The predicted molar refractivity (Wildman–Crippen MR) is 90.2 cm³/mol. The molecule has 3 rings (SSSR count). The zero-order chi connectivity index (χ0) is 17.3. The zero-order valence-corrected chi connectivity index (χ0v) is 14.0. The maximum Gasteiger partial charge on any atom is 0.265 e. The van der Waals surface area contributed by atoms with Crippen LogP contribution in [0.4, 0.5) is 10.1 Å². The van der Waals surface area contributed by atoms with Crippen LogP contribution in [0.3, 0.4) is 0 Å². The van der Waals surface area contributed by atoms with Gasteiger partial charge in [-0.1, -0.05) is 17.7 Å². The molecule has 0 saturated carbocycles.